The predicted molar refractivity (Wildman–Crippen MR) is 132 cm³/mol. The second kappa shape index (κ2) is 11.3. The van der Waals surface area contributed by atoms with Gasteiger partial charge in [-0.1, -0.05) is 19.1 Å². The summed E-state index contributed by atoms with van der Waals surface area (Å²) in [7, 11) is 1.54. The van der Waals surface area contributed by atoms with Crippen molar-refractivity contribution < 1.29 is 23.9 Å². The molecule has 0 aliphatic rings. The van der Waals surface area contributed by atoms with Crippen molar-refractivity contribution in [3.8, 4) is 5.75 Å². The fourth-order valence-electron chi connectivity index (χ4n) is 3.38. The standard InChI is InChI=1S/C25H31N5O5/c1-7-18-19(9-8-10-20(18)35-6)22(32)29-30(25(3,4)5)24(34)17-12-15(2)11-16(13-17)14-27-28-23(33)21(26)31/h8-14H,7H2,1-6H3,(H2,26,31)(H,28,33)(H,29,32)/b27-14+. The van der Waals surface area contributed by atoms with Crippen LogP contribution in [0.15, 0.2) is 41.5 Å². The van der Waals surface area contributed by atoms with Crippen LogP contribution < -0.4 is 21.3 Å². The van der Waals surface area contributed by atoms with E-state index in [1.54, 1.807) is 71.2 Å². The summed E-state index contributed by atoms with van der Waals surface area (Å²) in [4.78, 5) is 48.8. The number of methoxy groups -OCH3 is 1. The highest BCUT2D eigenvalue weighted by Crippen LogP contribution is 2.24. The molecule has 10 nitrogen and oxygen atoms in total. The number of aryl methyl sites for hydroxylation is 1. The van der Waals surface area contributed by atoms with Gasteiger partial charge in [0.2, 0.25) is 0 Å². The van der Waals surface area contributed by atoms with Crippen LogP contribution in [-0.2, 0) is 16.0 Å². The number of carbonyl (C=O) groups excluding carboxylic acids is 4. The van der Waals surface area contributed by atoms with Crippen molar-refractivity contribution in [2.45, 2.75) is 46.6 Å². The maximum Gasteiger partial charge on any atom is 0.329 e. The van der Waals surface area contributed by atoms with Crippen LogP contribution in [0.5, 0.6) is 5.75 Å². The first kappa shape index (κ1) is 27.0. The van der Waals surface area contributed by atoms with E-state index in [0.717, 1.165) is 11.1 Å². The Morgan fingerprint density at radius 1 is 1.14 bits per heavy atom. The fraction of sp³-hybridized carbons (Fsp3) is 0.320. The van der Waals surface area contributed by atoms with E-state index >= 15 is 0 Å². The van der Waals surface area contributed by atoms with Crippen molar-refractivity contribution in [1.29, 1.82) is 0 Å². The first-order chi connectivity index (χ1) is 16.4. The monoisotopic (exact) mass is 481 g/mol. The quantitative estimate of drug-likeness (QED) is 0.329. The Hall–Kier alpha value is -4.21. The lowest BCUT2D eigenvalue weighted by Crippen LogP contribution is -2.56. The van der Waals surface area contributed by atoms with Crippen molar-refractivity contribution in [3.05, 3.63) is 64.2 Å². The Kier molecular flexibility index (Phi) is 8.71. The number of carbonyl (C=O) groups is 4. The van der Waals surface area contributed by atoms with Gasteiger partial charge in [0.1, 0.15) is 5.75 Å². The van der Waals surface area contributed by atoms with Crippen LogP contribution in [0.1, 0.15) is 65.1 Å². The number of amides is 4. The molecule has 35 heavy (non-hydrogen) atoms. The van der Waals surface area contributed by atoms with Gasteiger partial charge in [-0.3, -0.25) is 24.6 Å². The number of hydrazine groups is 1. The lowest BCUT2D eigenvalue weighted by molar-refractivity contribution is -0.137. The van der Waals surface area contributed by atoms with Crippen molar-refractivity contribution in [1.82, 2.24) is 15.9 Å². The second-order valence-electron chi connectivity index (χ2n) is 8.79. The number of nitrogens with two attached hydrogens (primary N) is 1. The molecule has 2 aromatic rings. The van der Waals surface area contributed by atoms with E-state index < -0.39 is 29.2 Å². The van der Waals surface area contributed by atoms with Crippen molar-refractivity contribution >= 4 is 29.8 Å². The molecule has 10 heteroatoms. The minimum atomic E-state index is -1.17. The van der Waals surface area contributed by atoms with Crippen LogP contribution in [-0.4, -0.2) is 47.5 Å². The predicted octanol–water partition coefficient (Wildman–Crippen LogP) is 2.09. The minimum Gasteiger partial charge on any atom is -0.496 e. The van der Waals surface area contributed by atoms with E-state index in [4.69, 9.17) is 10.5 Å². The molecule has 4 N–H and O–H groups in total. The summed E-state index contributed by atoms with van der Waals surface area (Å²) in [5, 5.41) is 4.97. The molecule has 0 saturated carbocycles. The molecule has 2 rings (SSSR count). The normalized spacial score (nSPS) is 11.1. The molecule has 0 atom stereocenters. The van der Waals surface area contributed by atoms with Gasteiger partial charge >= 0.3 is 11.8 Å². The number of rotatable bonds is 6. The summed E-state index contributed by atoms with van der Waals surface area (Å²) < 4.78 is 5.38. The first-order valence-electron chi connectivity index (χ1n) is 10.9. The molecule has 0 aliphatic heterocycles. The largest absolute Gasteiger partial charge is 0.496 e. The molecule has 0 aliphatic carbocycles. The molecule has 0 aromatic heterocycles. The topological polar surface area (TPSA) is 143 Å². The molecular formula is C25H31N5O5. The zero-order chi connectivity index (χ0) is 26.3. The summed E-state index contributed by atoms with van der Waals surface area (Å²) in [5.41, 5.74) is 11.6. The van der Waals surface area contributed by atoms with E-state index in [1.165, 1.54) is 11.2 Å². The lowest BCUT2D eigenvalue weighted by atomic mass is 10.0. The highest BCUT2D eigenvalue weighted by Gasteiger charge is 2.30. The van der Waals surface area contributed by atoms with E-state index in [0.29, 0.717) is 28.9 Å². The number of nitrogens with zero attached hydrogens (tertiary/aromatic N) is 2. The Morgan fingerprint density at radius 3 is 2.40 bits per heavy atom. The highest BCUT2D eigenvalue weighted by molar-refractivity contribution is 6.34. The fourth-order valence-corrected chi connectivity index (χ4v) is 3.38. The van der Waals surface area contributed by atoms with Crippen LogP contribution in [0.3, 0.4) is 0 Å². The summed E-state index contributed by atoms with van der Waals surface area (Å²) in [6, 6.07) is 10.2. The summed E-state index contributed by atoms with van der Waals surface area (Å²) in [6.07, 6.45) is 1.86. The first-order valence-corrected chi connectivity index (χ1v) is 10.9. The van der Waals surface area contributed by atoms with E-state index in [-0.39, 0.29) is 0 Å². The summed E-state index contributed by atoms with van der Waals surface area (Å²) in [6.45, 7) is 9.11. The van der Waals surface area contributed by atoms with Crippen LogP contribution in [0, 0.1) is 6.92 Å². The average molecular weight is 482 g/mol. The number of hydrazone groups is 1. The van der Waals surface area contributed by atoms with Gasteiger partial charge in [-0.15, -0.1) is 0 Å². The SMILES string of the molecule is CCc1c(OC)cccc1C(=O)NN(C(=O)c1cc(C)cc(/C=N/NC(=O)C(N)=O)c1)C(C)(C)C. The molecule has 0 unspecified atom stereocenters. The van der Waals surface area contributed by atoms with Gasteiger partial charge in [0.05, 0.1) is 18.9 Å². The maximum absolute atomic E-state index is 13.5. The lowest BCUT2D eigenvalue weighted by Gasteiger charge is -2.35. The van der Waals surface area contributed by atoms with Gasteiger partial charge < -0.3 is 10.5 Å². The Morgan fingerprint density at radius 2 is 1.83 bits per heavy atom. The second-order valence-corrected chi connectivity index (χ2v) is 8.79. The number of hydrogen-bond donors (Lipinski definition) is 3. The van der Waals surface area contributed by atoms with Gasteiger partial charge in [0, 0.05) is 16.7 Å². The van der Waals surface area contributed by atoms with Crippen molar-refractivity contribution in [2.24, 2.45) is 10.8 Å². The smallest absolute Gasteiger partial charge is 0.329 e. The van der Waals surface area contributed by atoms with Gasteiger partial charge in [-0.05, 0) is 69.5 Å². The zero-order valence-electron chi connectivity index (χ0n) is 20.8. The third-order valence-corrected chi connectivity index (χ3v) is 4.99. The van der Waals surface area contributed by atoms with Crippen LogP contribution in [0.2, 0.25) is 0 Å². The van der Waals surface area contributed by atoms with Crippen LogP contribution in [0.25, 0.3) is 0 Å². The molecule has 4 amide bonds. The zero-order valence-corrected chi connectivity index (χ0v) is 20.8. The Bertz CT molecular complexity index is 1170. The third-order valence-electron chi connectivity index (χ3n) is 4.99. The molecule has 0 heterocycles. The van der Waals surface area contributed by atoms with Crippen LogP contribution >= 0.6 is 0 Å². The molecule has 0 fully saturated rings. The highest BCUT2D eigenvalue weighted by atomic mass is 16.5. The Labute approximate surface area is 204 Å². The number of ether oxygens (including phenoxy) is 1. The van der Waals surface area contributed by atoms with Crippen molar-refractivity contribution in [3.63, 3.8) is 0 Å². The minimum absolute atomic E-state index is 0.296. The Balaban J connectivity index is 2.37. The molecule has 0 saturated heterocycles. The number of primary amides is 1. The molecule has 186 valence electrons. The number of benzene rings is 2. The van der Waals surface area contributed by atoms with E-state index in [9.17, 15) is 19.2 Å². The maximum atomic E-state index is 13.5. The number of nitrogens with one attached hydrogen (secondary N) is 2. The third kappa shape index (κ3) is 6.89. The van der Waals surface area contributed by atoms with E-state index in [2.05, 4.69) is 10.5 Å². The van der Waals surface area contributed by atoms with Gasteiger partial charge in [0.25, 0.3) is 11.8 Å². The average Bonchev–Trinajstić information content (AvgIpc) is 2.79. The van der Waals surface area contributed by atoms with Crippen molar-refractivity contribution in [2.75, 3.05) is 7.11 Å². The summed E-state index contributed by atoms with van der Waals surface area (Å²) >= 11 is 0. The molecule has 0 bridgehead atoms. The molecular weight excluding hydrogens is 450 g/mol. The molecule has 2 aromatic carbocycles. The van der Waals surface area contributed by atoms with Gasteiger partial charge in [-0.2, -0.15) is 5.10 Å². The van der Waals surface area contributed by atoms with Gasteiger partial charge in [-0.25, -0.2) is 10.4 Å². The van der Waals surface area contributed by atoms with Crippen LogP contribution in [0.4, 0.5) is 0 Å². The number of hydrogen-bond acceptors (Lipinski definition) is 6. The van der Waals surface area contributed by atoms with Gasteiger partial charge in [0.15, 0.2) is 0 Å². The molecule has 0 radical (unpaired) electrons. The molecule has 0 spiro atoms. The van der Waals surface area contributed by atoms with E-state index in [1.807, 2.05) is 12.3 Å². The summed E-state index contributed by atoms with van der Waals surface area (Å²) in [5.74, 6) is -2.50.